The van der Waals surface area contributed by atoms with Crippen molar-refractivity contribution in [3.63, 3.8) is 0 Å². The minimum Gasteiger partial charge on any atom is -0.258 e. The van der Waals surface area contributed by atoms with Crippen molar-refractivity contribution in [1.82, 2.24) is 4.72 Å². The molecule has 2 aromatic carbocycles. The van der Waals surface area contributed by atoms with Crippen LogP contribution in [-0.2, 0) is 16.4 Å². The number of benzene rings is 2. The highest BCUT2D eigenvalue weighted by molar-refractivity contribution is 7.89. The van der Waals surface area contributed by atoms with Gasteiger partial charge in [0.1, 0.15) is 0 Å². The molecular weight excluding hydrogens is 304 g/mol. The summed E-state index contributed by atoms with van der Waals surface area (Å²) in [7, 11) is -3.69. The van der Waals surface area contributed by atoms with Crippen molar-refractivity contribution < 1.29 is 13.3 Å². The number of non-ortho nitro benzene ring substituents is 1. The Morgan fingerprint density at radius 1 is 1.09 bits per heavy atom. The predicted octanol–water partition coefficient (Wildman–Crippen LogP) is 2.50. The van der Waals surface area contributed by atoms with Crippen LogP contribution in [0.3, 0.4) is 0 Å². The second kappa shape index (κ2) is 6.67. The summed E-state index contributed by atoms with van der Waals surface area (Å²) >= 11 is 0. The fourth-order valence-corrected chi connectivity index (χ4v) is 3.33. The van der Waals surface area contributed by atoms with Crippen molar-refractivity contribution in [2.24, 2.45) is 0 Å². The van der Waals surface area contributed by atoms with E-state index in [-0.39, 0.29) is 16.6 Å². The van der Waals surface area contributed by atoms with E-state index in [1.54, 1.807) is 6.92 Å². The number of nitro benzene ring substituents is 1. The maximum absolute atomic E-state index is 12.2. The summed E-state index contributed by atoms with van der Waals surface area (Å²) in [6, 6.07) is 14.1. The monoisotopic (exact) mass is 320 g/mol. The molecule has 0 aliphatic rings. The van der Waals surface area contributed by atoms with Gasteiger partial charge in [0.15, 0.2) is 0 Å². The number of hydrogen-bond acceptors (Lipinski definition) is 4. The zero-order valence-corrected chi connectivity index (χ0v) is 12.8. The van der Waals surface area contributed by atoms with Crippen LogP contribution in [0, 0.1) is 10.1 Å². The molecule has 0 saturated carbocycles. The first-order valence-corrected chi connectivity index (χ1v) is 8.17. The molecule has 0 aliphatic heterocycles. The smallest absolute Gasteiger partial charge is 0.258 e. The lowest BCUT2D eigenvalue weighted by Gasteiger charge is -2.14. The lowest BCUT2D eigenvalue weighted by molar-refractivity contribution is -0.384. The summed E-state index contributed by atoms with van der Waals surface area (Å²) in [6.07, 6.45) is 0.563. The van der Waals surface area contributed by atoms with Gasteiger partial charge in [0, 0.05) is 18.2 Å². The van der Waals surface area contributed by atoms with Gasteiger partial charge in [0.05, 0.1) is 9.82 Å². The van der Waals surface area contributed by atoms with Crippen LogP contribution in [0.5, 0.6) is 0 Å². The molecule has 0 aliphatic carbocycles. The van der Waals surface area contributed by atoms with E-state index < -0.39 is 14.9 Å². The van der Waals surface area contributed by atoms with Crippen LogP contribution in [0.25, 0.3) is 0 Å². The van der Waals surface area contributed by atoms with Crippen LogP contribution in [-0.4, -0.2) is 19.4 Å². The van der Waals surface area contributed by atoms with Crippen LogP contribution in [0.15, 0.2) is 59.5 Å². The summed E-state index contributed by atoms with van der Waals surface area (Å²) in [5.74, 6) is 0. The van der Waals surface area contributed by atoms with Crippen molar-refractivity contribution in [3.8, 4) is 0 Å². The zero-order chi connectivity index (χ0) is 16.2. The molecule has 0 fully saturated rings. The molecule has 0 aromatic heterocycles. The molecule has 0 amide bonds. The Kier molecular flexibility index (Phi) is 4.89. The molecule has 2 aromatic rings. The van der Waals surface area contributed by atoms with Gasteiger partial charge < -0.3 is 0 Å². The number of nitrogens with zero attached hydrogens (tertiary/aromatic N) is 1. The number of sulfonamides is 1. The minimum atomic E-state index is -3.69. The maximum atomic E-state index is 12.2. The third-order valence-corrected chi connectivity index (χ3v) is 4.70. The Labute approximate surface area is 129 Å². The first-order valence-electron chi connectivity index (χ1n) is 6.69. The second-order valence-electron chi connectivity index (χ2n) is 4.96. The normalized spacial score (nSPS) is 12.8. The van der Waals surface area contributed by atoms with Gasteiger partial charge in [-0.1, -0.05) is 30.3 Å². The average molecular weight is 320 g/mol. The molecule has 2 rings (SSSR count). The highest BCUT2D eigenvalue weighted by Gasteiger charge is 2.18. The van der Waals surface area contributed by atoms with Gasteiger partial charge in [-0.3, -0.25) is 10.1 Å². The lowest BCUT2D eigenvalue weighted by atomic mass is 10.1. The number of rotatable bonds is 6. The van der Waals surface area contributed by atoms with Crippen LogP contribution in [0.4, 0.5) is 5.69 Å². The van der Waals surface area contributed by atoms with Gasteiger partial charge in [0.2, 0.25) is 10.0 Å². The summed E-state index contributed by atoms with van der Waals surface area (Å²) in [4.78, 5) is 10.0. The molecule has 1 unspecified atom stereocenters. The fraction of sp³-hybridized carbons (Fsp3) is 0.200. The minimum absolute atomic E-state index is 0.0120. The van der Waals surface area contributed by atoms with Gasteiger partial charge in [-0.2, -0.15) is 0 Å². The van der Waals surface area contributed by atoms with Crippen LogP contribution in [0.2, 0.25) is 0 Å². The number of hydrogen-bond donors (Lipinski definition) is 1. The number of nitro groups is 1. The molecule has 0 heterocycles. The van der Waals surface area contributed by atoms with E-state index in [9.17, 15) is 18.5 Å². The first-order chi connectivity index (χ1) is 10.4. The van der Waals surface area contributed by atoms with E-state index in [4.69, 9.17) is 0 Å². The molecule has 0 bridgehead atoms. The van der Waals surface area contributed by atoms with E-state index >= 15 is 0 Å². The third kappa shape index (κ3) is 4.12. The summed E-state index contributed by atoms with van der Waals surface area (Å²) in [5, 5.41) is 10.6. The summed E-state index contributed by atoms with van der Waals surface area (Å²) < 4.78 is 27.0. The Hall–Kier alpha value is -2.25. The van der Waals surface area contributed by atoms with Crippen molar-refractivity contribution in [3.05, 3.63) is 70.3 Å². The van der Waals surface area contributed by atoms with Crippen molar-refractivity contribution in [2.45, 2.75) is 24.3 Å². The SMILES string of the molecule is CC(Cc1ccccc1)NS(=O)(=O)c1ccc([N+](=O)[O-])cc1. The van der Waals surface area contributed by atoms with E-state index in [2.05, 4.69) is 4.72 Å². The topological polar surface area (TPSA) is 89.3 Å². The summed E-state index contributed by atoms with van der Waals surface area (Å²) in [5.41, 5.74) is 0.887. The van der Waals surface area contributed by atoms with Crippen molar-refractivity contribution in [1.29, 1.82) is 0 Å². The van der Waals surface area contributed by atoms with E-state index in [1.807, 2.05) is 30.3 Å². The second-order valence-corrected chi connectivity index (χ2v) is 6.68. The molecular formula is C15H16N2O4S. The summed E-state index contributed by atoms with van der Waals surface area (Å²) in [6.45, 7) is 1.77. The van der Waals surface area contributed by atoms with E-state index in [1.165, 1.54) is 24.3 Å². The Balaban J connectivity index is 2.08. The zero-order valence-electron chi connectivity index (χ0n) is 12.0. The fourth-order valence-electron chi connectivity index (χ4n) is 2.09. The molecule has 7 heteroatoms. The van der Waals surface area contributed by atoms with Crippen LogP contribution < -0.4 is 4.72 Å². The molecule has 0 saturated heterocycles. The highest BCUT2D eigenvalue weighted by Crippen LogP contribution is 2.16. The van der Waals surface area contributed by atoms with E-state index in [0.717, 1.165) is 5.56 Å². The molecule has 0 spiro atoms. The molecule has 116 valence electrons. The first kappa shape index (κ1) is 16.1. The van der Waals surface area contributed by atoms with Crippen LogP contribution >= 0.6 is 0 Å². The van der Waals surface area contributed by atoms with Crippen molar-refractivity contribution in [2.75, 3.05) is 0 Å². The largest absolute Gasteiger partial charge is 0.269 e. The Morgan fingerprint density at radius 3 is 2.23 bits per heavy atom. The quantitative estimate of drug-likeness (QED) is 0.654. The average Bonchev–Trinajstić information content (AvgIpc) is 2.47. The molecule has 1 N–H and O–H groups in total. The lowest BCUT2D eigenvalue weighted by Crippen LogP contribution is -2.34. The Bertz CT molecular complexity index is 743. The van der Waals surface area contributed by atoms with Gasteiger partial charge in [-0.25, -0.2) is 13.1 Å². The van der Waals surface area contributed by atoms with Gasteiger partial charge in [-0.15, -0.1) is 0 Å². The van der Waals surface area contributed by atoms with Crippen LogP contribution in [0.1, 0.15) is 12.5 Å². The van der Waals surface area contributed by atoms with Gasteiger partial charge >= 0.3 is 0 Å². The van der Waals surface area contributed by atoms with Gasteiger partial charge in [0.25, 0.3) is 5.69 Å². The molecule has 22 heavy (non-hydrogen) atoms. The standard InChI is InChI=1S/C15H16N2O4S/c1-12(11-13-5-3-2-4-6-13)16-22(20,21)15-9-7-14(8-10-15)17(18)19/h2-10,12,16H,11H2,1H3. The predicted molar refractivity (Wildman–Crippen MR) is 83.0 cm³/mol. The molecule has 6 nitrogen and oxygen atoms in total. The third-order valence-electron chi connectivity index (χ3n) is 3.10. The van der Waals surface area contributed by atoms with Crippen molar-refractivity contribution >= 4 is 15.7 Å². The van der Waals surface area contributed by atoms with Gasteiger partial charge in [-0.05, 0) is 31.0 Å². The molecule has 0 radical (unpaired) electrons. The highest BCUT2D eigenvalue weighted by atomic mass is 32.2. The number of nitrogens with one attached hydrogen (secondary N) is 1. The van der Waals surface area contributed by atoms with E-state index in [0.29, 0.717) is 6.42 Å². The molecule has 1 atom stereocenters. The maximum Gasteiger partial charge on any atom is 0.269 e. The Morgan fingerprint density at radius 2 is 1.68 bits per heavy atom.